The first-order valence-electron chi connectivity index (χ1n) is 8.32. The number of nitrogens with one attached hydrogen (secondary N) is 2. The van der Waals surface area contributed by atoms with Crippen molar-refractivity contribution in [3.63, 3.8) is 0 Å². The summed E-state index contributed by atoms with van der Waals surface area (Å²) in [6.45, 7) is 4.49. The number of H-pyrrole nitrogens is 1. The van der Waals surface area contributed by atoms with Crippen molar-refractivity contribution in [2.75, 3.05) is 50.8 Å². The molecule has 10 heteroatoms. The van der Waals surface area contributed by atoms with Crippen LogP contribution in [0.25, 0.3) is 0 Å². The Kier molecular flexibility index (Phi) is 5.69. The number of fused-ring (bicyclic) bond motifs is 1. The standard InChI is InChI=1S/C15H22N4O3S2.ClH/c20-15(18-9-11-6-16-7-12(11)10-18)14-5-13(8-17-14)24(21,22)19-1-3-23-4-2-19;/h5,8,11-12,16-17H,1-4,6-7,9-10H2;1H/t11-,12+;. The molecular weight excluding hydrogens is 384 g/mol. The number of sulfonamides is 1. The Morgan fingerprint density at radius 1 is 1.16 bits per heavy atom. The molecule has 0 radical (unpaired) electrons. The number of thioether (sulfide) groups is 1. The molecule has 2 N–H and O–H groups in total. The summed E-state index contributed by atoms with van der Waals surface area (Å²) in [5.41, 5.74) is 0.368. The van der Waals surface area contributed by atoms with Gasteiger partial charge in [0.1, 0.15) is 10.6 Å². The molecular formula is C15H23ClN4O3S2. The number of nitrogens with zero attached hydrogens (tertiary/aromatic N) is 2. The third-order valence-corrected chi connectivity index (χ3v) is 7.99. The Morgan fingerprint density at radius 2 is 1.80 bits per heavy atom. The lowest BCUT2D eigenvalue weighted by Crippen LogP contribution is -2.37. The summed E-state index contributed by atoms with van der Waals surface area (Å²) < 4.78 is 26.8. The van der Waals surface area contributed by atoms with Gasteiger partial charge in [0.05, 0.1) is 0 Å². The molecule has 3 fully saturated rings. The van der Waals surface area contributed by atoms with Gasteiger partial charge in [0.15, 0.2) is 0 Å². The number of carbonyl (C=O) groups is 1. The summed E-state index contributed by atoms with van der Waals surface area (Å²) in [7, 11) is -3.51. The van der Waals surface area contributed by atoms with E-state index in [1.54, 1.807) is 11.8 Å². The van der Waals surface area contributed by atoms with E-state index in [9.17, 15) is 13.2 Å². The lowest BCUT2D eigenvalue weighted by molar-refractivity contribution is 0.0776. The smallest absolute Gasteiger partial charge is 0.270 e. The fourth-order valence-electron chi connectivity index (χ4n) is 3.77. The van der Waals surface area contributed by atoms with Crippen molar-refractivity contribution in [2.24, 2.45) is 11.8 Å². The molecule has 0 spiro atoms. The van der Waals surface area contributed by atoms with E-state index >= 15 is 0 Å². The van der Waals surface area contributed by atoms with E-state index in [1.807, 2.05) is 4.90 Å². The molecule has 0 bridgehead atoms. The van der Waals surface area contributed by atoms with Crippen molar-refractivity contribution >= 4 is 40.1 Å². The van der Waals surface area contributed by atoms with Crippen molar-refractivity contribution in [2.45, 2.75) is 4.90 Å². The number of aromatic amines is 1. The monoisotopic (exact) mass is 406 g/mol. The molecule has 1 aromatic heterocycles. The zero-order valence-corrected chi connectivity index (χ0v) is 16.3. The van der Waals surface area contributed by atoms with Gasteiger partial charge in [-0.3, -0.25) is 4.79 Å². The molecule has 140 valence electrons. The minimum atomic E-state index is -3.51. The normalized spacial score (nSPS) is 27.1. The second-order valence-corrected chi connectivity index (χ2v) is 9.82. The van der Waals surface area contributed by atoms with Crippen molar-refractivity contribution in [1.29, 1.82) is 0 Å². The van der Waals surface area contributed by atoms with Crippen LogP contribution in [-0.2, 0) is 10.0 Å². The quantitative estimate of drug-likeness (QED) is 0.762. The molecule has 25 heavy (non-hydrogen) atoms. The highest BCUT2D eigenvalue weighted by Crippen LogP contribution is 2.28. The highest BCUT2D eigenvalue weighted by molar-refractivity contribution is 7.99. The first-order chi connectivity index (χ1) is 11.6. The SMILES string of the molecule is Cl.O=C(c1cc(S(=O)(=O)N2CCSCC2)c[nH]1)N1C[C@H]2CNC[C@H]2C1. The van der Waals surface area contributed by atoms with Crippen molar-refractivity contribution in [3.8, 4) is 0 Å². The van der Waals surface area contributed by atoms with Crippen LogP contribution in [0.1, 0.15) is 10.5 Å². The number of amides is 1. The molecule has 0 aliphatic carbocycles. The maximum Gasteiger partial charge on any atom is 0.270 e. The number of likely N-dealkylation sites (tertiary alicyclic amines) is 1. The van der Waals surface area contributed by atoms with Gasteiger partial charge in [-0.15, -0.1) is 12.4 Å². The Labute approximate surface area is 158 Å². The van der Waals surface area contributed by atoms with E-state index in [1.165, 1.54) is 16.6 Å². The number of hydrogen-bond donors (Lipinski definition) is 2. The van der Waals surface area contributed by atoms with Crippen molar-refractivity contribution in [3.05, 3.63) is 18.0 Å². The number of hydrogen-bond acceptors (Lipinski definition) is 5. The molecule has 1 aromatic rings. The highest BCUT2D eigenvalue weighted by atomic mass is 35.5. The Balaban J connectivity index is 0.00000182. The summed E-state index contributed by atoms with van der Waals surface area (Å²) in [6, 6.07) is 1.49. The second kappa shape index (κ2) is 7.48. The third kappa shape index (κ3) is 3.57. The summed E-state index contributed by atoms with van der Waals surface area (Å²) in [5.74, 6) is 2.59. The average Bonchev–Trinajstić information content (AvgIpc) is 3.30. The molecule has 3 aliphatic heterocycles. The lowest BCUT2D eigenvalue weighted by atomic mass is 10.0. The van der Waals surface area contributed by atoms with Crippen LogP contribution in [0.2, 0.25) is 0 Å². The molecule has 0 unspecified atom stereocenters. The first kappa shape index (κ1) is 19.0. The predicted octanol–water partition coefficient (Wildman–Crippen LogP) is 0.465. The van der Waals surface area contributed by atoms with Gasteiger partial charge in [0, 0.05) is 57.0 Å². The van der Waals surface area contributed by atoms with E-state index in [0.29, 0.717) is 30.6 Å². The predicted molar refractivity (Wildman–Crippen MR) is 99.9 cm³/mol. The van der Waals surface area contributed by atoms with Crippen LogP contribution in [0.3, 0.4) is 0 Å². The Morgan fingerprint density at radius 3 is 2.44 bits per heavy atom. The van der Waals surface area contributed by atoms with Crippen LogP contribution in [0.4, 0.5) is 0 Å². The zero-order chi connectivity index (χ0) is 16.7. The lowest BCUT2D eigenvalue weighted by Gasteiger charge is -2.24. The van der Waals surface area contributed by atoms with Gasteiger partial charge in [-0.05, 0) is 17.9 Å². The largest absolute Gasteiger partial charge is 0.356 e. The zero-order valence-electron chi connectivity index (χ0n) is 13.8. The summed E-state index contributed by atoms with van der Waals surface area (Å²) >= 11 is 1.77. The van der Waals surface area contributed by atoms with Crippen LogP contribution >= 0.6 is 24.2 Å². The summed E-state index contributed by atoms with van der Waals surface area (Å²) in [6.07, 6.45) is 1.45. The number of carbonyl (C=O) groups excluding carboxylic acids is 1. The molecule has 3 saturated heterocycles. The molecule has 2 atom stereocenters. The van der Waals surface area contributed by atoms with Crippen molar-refractivity contribution < 1.29 is 13.2 Å². The maximum atomic E-state index is 12.7. The second-order valence-electron chi connectivity index (χ2n) is 6.65. The van der Waals surface area contributed by atoms with Gasteiger partial charge in [-0.1, -0.05) is 0 Å². The Hall–Kier alpha value is -0.740. The van der Waals surface area contributed by atoms with Crippen LogP contribution in [0.15, 0.2) is 17.2 Å². The Bertz CT molecular complexity index is 721. The molecule has 0 saturated carbocycles. The minimum absolute atomic E-state index is 0. The third-order valence-electron chi connectivity index (χ3n) is 5.17. The fraction of sp³-hybridized carbons (Fsp3) is 0.667. The number of rotatable bonds is 3. The molecule has 4 rings (SSSR count). The molecule has 3 aliphatic rings. The van der Waals surface area contributed by atoms with E-state index in [2.05, 4.69) is 10.3 Å². The van der Waals surface area contributed by atoms with Gasteiger partial charge >= 0.3 is 0 Å². The first-order valence-corrected chi connectivity index (χ1v) is 10.9. The van der Waals surface area contributed by atoms with E-state index in [4.69, 9.17) is 0 Å². The van der Waals surface area contributed by atoms with E-state index in [-0.39, 0.29) is 23.2 Å². The van der Waals surface area contributed by atoms with E-state index in [0.717, 1.165) is 37.7 Å². The molecule has 7 nitrogen and oxygen atoms in total. The van der Waals surface area contributed by atoms with Gasteiger partial charge in [0.2, 0.25) is 10.0 Å². The highest BCUT2D eigenvalue weighted by Gasteiger charge is 2.39. The maximum absolute atomic E-state index is 12.7. The summed E-state index contributed by atoms with van der Waals surface area (Å²) in [4.78, 5) is 17.6. The molecule has 0 aromatic carbocycles. The molecule has 1 amide bonds. The van der Waals surface area contributed by atoms with Crippen LogP contribution in [0.5, 0.6) is 0 Å². The van der Waals surface area contributed by atoms with Crippen LogP contribution in [0, 0.1) is 11.8 Å². The number of halogens is 1. The summed E-state index contributed by atoms with van der Waals surface area (Å²) in [5, 5.41) is 3.35. The van der Waals surface area contributed by atoms with Gasteiger partial charge in [0.25, 0.3) is 5.91 Å². The topological polar surface area (TPSA) is 85.5 Å². The fourth-order valence-corrected chi connectivity index (χ4v) is 6.34. The van der Waals surface area contributed by atoms with Gasteiger partial charge in [-0.25, -0.2) is 8.42 Å². The van der Waals surface area contributed by atoms with Gasteiger partial charge < -0.3 is 15.2 Å². The molecule has 4 heterocycles. The van der Waals surface area contributed by atoms with E-state index < -0.39 is 10.0 Å². The average molecular weight is 407 g/mol. The minimum Gasteiger partial charge on any atom is -0.356 e. The van der Waals surface area contributed by atoms with Gasteiger partial charge in [-0.2, -0.15) is 16.1 Å². The van der Waals surface area contributed by atoms with Crippen molar-refractivity contribution in [1.82, 2.24) is 19.5 Å². The number of aromatic nitrogens is 1. The van der Waals surface area contributed by atoms with Crippen LogP contribution < -0.4 is 5.32 Å². The van der Waals surface area contributed by atoms with Crippen LogP contribution in [-0.4, -0.2) is 79.3 Å².